The van der Waals surface area contributed by atoms with E-state index in [-0.39, 0.29) is 33.9 Å². The summed E-state index contributed by atoms with van der Waals surface area (Å²) in [6.07, 6.45) is 2.33. The Kier molecular flexibility index (Phi) is 7.43. The molecule has 0 saturated carbocycles. The summed E-state index contributed by atoms with van der Waals surface area (Å²) >= 11 is 0. The molecule has 0 atom stereocenters. The Morgan fingerprint density at radius 3 is 1.94 bits per heavy atom. The molecule has 2 aliphatic heterocycles. The Balaban J connectivity index is 1.28. The minimum atomic E-state index is -0.165. The number of hydrogen-bond donors (Lipinski definition) is 0. The molecule has 2 aromatic heterocycles. The molecule has 2 aliphatic carbocycles. The van der Waals surface area contributed by atoms with Crippen molar-refractivity contribution in [3.8, 4) is 27.9 Å². The first-order valence-corrected chi connectivity index (χ1v) is 24.1. The summed E-state index contributed by atoms with van der Waals surface area (Å²) in [6, 6.07) is 45.2. The van der Waals surface area contributed by atoms with Gasteiger partial charge < -0.3 is 13.8 Å². The molecule has 322 valence electrons. The van der Waals surface area contributed by atoms with Crippen LogP contribution < -0.4 is 15.7 Å². The highest BCUT2D eigenvalue weighted by Gasteiger charge is 2.48. The topological polar surface area (TPSA) is 21.3 Å². The molecule has 0 N–H and O–H groups in total. The van der Waals surface area contributed by atoms with Crippen LogP contribution in [0, 0.1) is 0 Å². The molecule has 13 rings (SSSR count). The lowest BCUT2D eigenvalue weighted by atomic mass is 9.43. The highest BCUT2D eigenvalue weighted by atomic mass is 16.3. The summed E-state index contributed by atoms with van der Waals surface area (Å²) in [6.45, 7) is 28.6. The molecular formula is C61H59BN2O. The van der Waals surface area contributed by atoms with E-state index in [0.29, 0.717) is 0 Å². The summed E-state index contributed by atoms with van der Waals surface area (Å²) in [4.78, 5) is 2.74. The summed E-state index contributed by atoms with van der Waals surface area (Å²) in [5.74, 6) is 0. The first-order chi connectivity index (χ1) is 30.8. The Morgan fingerprint density at radius 1 is 0.554 bits per heavy atom. The van der Waals surface area contributed by atoms with Crippen molar-refractivity contribution in [3.63, 3.8) is 0 Å². The van der Waals surface area contributed by atoms with Gasteiger partial charge in [-0.1, -0.05) is 150 Å². The van der Waals surface area contributed by atoms with Crippen LogP contribution in [0.4, 0.5) is 11.4 Å². The lowest BCUT2D eigenvalue weighted by molar-refractivity contribution is 0.332. The zero-order valence-corrected chi connectivity index (χ0v) is 40.3. The summed E-state index contributed by atoms with van der Waals surface area (Å²) in [7, 11) is 0. The molecule has 0 fully saturated rings. The van der Waals surface area contributed by atoms with E-state index in [2.05, 4.69) is 208 Å². The Labute approximate surface area is 384 Å². The Morgan fingerprint density at radius 2 is 1.22 bits per heavy atom. The van der Waals surface area contributed by atoms with Crippen molar-refractivity contribution in [3.05, 3.63) is 149 Å². The number of hydrogen-bond acceptors (Lipinski definition) is 2. The third kappa shape index (κ3) is 5.04. The minimum absolute atomic E-state index is 0.0317. The van der Waals surface area contributed by atoms with Crippen LogP contribution in [0.2, 0.25) is 0 Å². The zero-order chi connectivity index (χ0) is 45.1. The molecule has 7 aromatic carbocycles. The van der Waals surface area contributed by atoms with E-state index in [4.69, 9.17) is 4.42 Å². The average Bonchev–Trinajstić information content (AvgIpc) is 3.89. The number of anilines is 2. The second kappa shape index (κ2) is 12.3. The van der Waals surface area contributed by atoms with Gasteiger partial charge in [-0.25, -0.2) is 0 Å². The third-order valence-electron chi connectivity index (χ3n) is 16.7. The minimum Gasteiger partial charge on any atom is -0.455 e. The lowest BCUT2D eigenvalue weighted by Crippen LogP contribution is -2.60. The number of aromatic nitrogens is 1. The average molecular weight is 847 g/mol. The van der Waals surface area contributed by atoms with Crippen LogP contribution in [0.25, 0.3) is 71.7 Å². The highest BCUT2D eigenvalue weighted by Crippen LogP contribution is 2.57. The third-order valence-corrected chi connectivity index (χ3v) is 16.7. The van der Waals surface area contributed by atoms with Gasteiger partial charge in [0, 0.05) is 44.2 Å². The van der Waals surface area contributed by atoms with Crippen LogP contribution in [0.15, 0.2) is 120 Å². The maximum Gasteiger partial charge on any atom is 0.333 e. The molecular weight excluding hydrogens is 787 g/mol. The number of nitrogens with zero attached hydrogens (tertiary/aromatic N) is 2. The molecule has 4 heterocycles. The molecule has 0 unspecified atom stereocenters. The first kappa shape index (κ1) is 39.4. The van der Waals surface area contributed by atoms with E-state index >= 15 is 0 Å². The molecule has 0 amide bonds. The van der Waals surface area contributed by atoms with E-state index in [1.807, 2.05) is 0 Å². The molecule has 3 nitrogen and oxygen atoms in total. The van der Waals surface area contributed by atoms with E-state index in [1.165, 1.54) is 123 Å². The smallest absolute Gasteiger partial charge is 0.333 e. The monoisotopic (exact) mass is 846 g/mol. The van der Waals surface area contributed by atoms with Crippen LogP contribution in [0.3, 0.4) is 0 Å². The maximum atomic E-state index is 7.33. The van der Waals surface area contributed by atoms with Gasteiger partial charge in [0.25, 0.3) is 0 Å². The van der Waals surface area contributed by atoms with Gasteiger partial charge >= 0.3 is 6.85 Å². The Hall–Kier alpha value is -6.00. The summed E-state index contributed by atoms with van der Waals surface area (Å²) < 4.78 is 10.00. The van der Waals surface area contributed by atoms with E-state index in [0.717, 1.165) is 17.6 Å². The summed E-state index contributed by atoms with van der Waals surface area (Å²) in [5.41, 5.74) is 24.6. The molecule has 4 heteroatoms. The van der Waals surface area contributed by atoms with Crippen molar-refractivity contribution in [2.75, 3.05) is 4.81 Å². The fourth-order valence-corrected chi connectivity index (χ4v) is 12.9. The van der Waals surface area contributed by atoms with E-state index < -0.39 is 0 Å². The molecule has 9 aromatic rings. The van der Waals surface area contributed by atoms with Crippen LogP contribution in [0.5, 0.6) is 0 Å². The van der Waals surface area contributed by atoms with Crippen LogP contribution in [-0.2, 0) is 27.1 Å². The van der Waals surface area contributed by atoms with Gasteiger partial charge in [-0.15, -0.1) is 0 Å². The quantitative estimate of drug-likeness (QED) is 0.154. The summed E-state index contributed by atoms with van der Waals surface area (Å²) in [5, 5.41) is 4.94. The van der Waals surface area contributed by atoms with Gasteiger partial charge in [0.1, 0.15) is 11.2 Å². The maximum absolute atomic E-state index is 7.33. The van der Waals surface area contributed by atoms with Crippen molar-refractivity contribution in [2.45, 2.75) is 123 Å². The lowest BCUT2D eigenvalue weighted by Gasteiger charge is -2.43. The van der Waals surface area contributed by atoms with Gasteiger partial charge in [-0.05, 0) is 144 Å². The number of furan rings is 1. The highest BCUT2D eigenvalue weighted by molar-refractivity contribution is 6.94. The molecule has 0 bridgehead atoms. The first-order valence-electron chi connectivity index (χ1n) is 24.1. The van der Waals surface area contributed by atoms with Crippen molar-refractivity contribution >= 4 is 72.9 Å². The van der Waals surface area contributed by atoms with E-state index in [9.17, 15) is 0 Å². The standard InChI is InChI=1S/C61H59BN2O/c1-57(2,3)34-21-24-36(25-22-34)64-49-32-43-39(37-17-13-15-19-42(37)61(43,11)12)30-40(49)51-52-38-18-14-16-20-50(38)65-56(52)53-41-31-44-45(60(9,10)28-27-59(44,7)8)33-48(41)63-47-26-23-35(58(4,5)6)29-46(47)62(64)54(51)55(53)63/h13-26,29-33H,27-28H2,1-12H3. The van der Waals surface area contributed by atoms with Crippen LogP contribution in [0.1, 0.15) is 129 Å². The zero-order valence-electron chi connectivity index (χ0n) is 40.3. The second-order valence-electron chi connectivity index (χ2n) is 24.0. The van der Waals surface area contributed by atoms with Gasteiger partial charge in [0.15, 0.2) is 0 Å². The molecule has 4 aliphatic rings. The number of rotatable bonds is 1. The van der Waals surface area contributed by atoms with Crippen molar-refractivity contribution in [1.29, 1.82) is 0 Å². The van der Waals surface area contributed by atoms with Crippen molar-refractivity contribution in [1.82, 2.24) is 4.57 Å². The van der Waals surface area contributed by atoms with Gasteiger partial charge in [-0.2, -0.15) is 0 Å². The molecule has 0 radical (unpaired) electrons. The largest absolute Gasteiger partial charge is 0.455 e. The SMILES string of the molecule is CC(C)(C)c1ccc(N2B3c4cc(C(C)(C)C)ccc4-n4c5cc6c(cc5c5c7oc8ccccc8c7c(c3c54)-c3cc4c(cc32)C(C)(C)c2ccccc2-4)C(C)(C)CCC6(C)C)cc1. The molecule has 65 heavy (non-hydrogen) atoms. The van der Waals surface area contributed by atoms with Crippen molar-refractivity contribution in [2.24, 2.45) is 0 Å². The van der Waals surface area contributed by atoms with Gasteiger partial charge in [0.2, 0.25) is 0 Å². The van der Waals surface area contributed by atoms with Crippen LogP contribution >= 0.6 is 0 Å². The fourth-order valence-electron chi connectivity index (χ4n) is 12.9. The van der Waals surface area contributed by atoms with Crippen molar-refractivity contribution < 1.29 is 4.42 Å². The van der Waals surface area contributed by atoms with E-state index in [1.54, 1.807) is 0 Å². The predicted molar refractivity (Wildman–Crippen MR) is 277 cm³/mol. The van der Waals surface area contributed by atoms with Crippen LogP contribution in [-0.4, -0.2) is 11.4 Å². The number of fused-ring (bicyclic) bond motifs is 17. The Bertz CT molecular complexity index is 3600. The van der Waals surface area contributed by atoms with Gasteiger partial charge in [-0.3, -0.25) is 0 Å². The predicted octanol–water partition coefficient (Wildman–Crippen LogP) is 15.2. The van der Waals surface area contributed by atoms with Gasteiger partial charge in [0.05, 0.1) is 16.4 Å². The molecule has 0 saturated heterocycles. The molecule has 0 spiro atoms. The normalized spacial score (nSPS) is 17.4. The fraction of sp³-hybridized carbons (Fsp3) is 0.311. The number of para-hydroxylation sites is 1. The second-order valence-corrected chi connectivity index (χ2v) is 24.0. The number of benzene rings is 7.